The molecule has 1 aliphatic heterocycles. The molecule has 2 rings (SSSR count). The Morgan fingerprint density at radius 3 is 3.00 bits per heavy atom. The standard InChI is InChI=1S/C12H19N/c1-13-9-4-7-11-5-2-3-6-12(11)8-10-13/h3,6H,2,4-5,7-10H2,1H3. The van der Waals surface area contributed by atoms with Crippen LogP contribution in [0.5, 0.6) is 0 Å². The Kier molecular flexibility index (Phi) is 2.84. The van der Waals surface area contributed by atoms with Gasteiger partial charge < -0.3 is 4.90 Å². The van der Waals surface area contributed by atoms with E-state index in [9.17, 15) is 0 Å². The topological polar surface area (TPSA) is 3.24 Å². The number of hydrogen-bond acceptors (Lipinski definition) is 1. The average Bonchev–Trinajstić information content (AvgIpc) is 2.13. The highest BCUT2D eigenvalue weighted by atomic mass is 15.1. The third kappa shape index (κ3) is 2.22. The number of rotatable bonds is 0. The van der Waals surface area contributed by atoms with Crippen molar-refractivity contribution < 1.29 is 0 Å². The van der Waals surface area contributed by atoms with Crippen molar-refractivity contribution >= 4 is 0 Å². The lowest BCUT2D eigenvalue weighted by molar-refractivity contribution is 0.326. The predicted molar refractivity (Wildman–Crippen MR) is 56.7 cm³/mol. The summed E-state index contributed by atoms with van der Waals surface area (Å²) < 4.78 is 0. The maximum Gasteiger partial charge on any atom is 0.00188 e. The average molecular weight is 177 g/mol. The molecule has 0 atom stereocenters. The summed E-state index contributed by atoms with van der Waals surface area (Å²) in [6.07, 6.45) is 11.2. The number of nitrogens with zero attached hydrogens (tertiary/aromatic N) is 1. The van der Waals surface area contributed by atoms with Crippen LogP contribution in [0, 0.1) is 0 Å². The molecule has 2 aliphatic rings. The molecule has 13 heavy (non-hydrogen) atoms. The third-order valence-electron chi connectivity index (χ3n) is 3.17. The molecular weight excluding hydrogens is 158 g/mol. The summed E-state index contributed by atoms with van der Waals surface area (Å²) in [5.74, 6) is 0. The van der Waals surface area contributed by atoms with Crippen molar-refractivity contribution in [1.29, 1.82) is 0 Å². The zero-order chi connectivity index (χ0) is 9.10. The molecule has 0 amide bonds. The van der Waals surface area contributed by atoms with Crippen molar-refractivity contribution in [2.45, 2.75) is 32.1 Å². The Balaban J connectivity index is 2.10. The maximum absolute atomic E-state index is 2.45. The highest BCUT2D eigenvalue weighted by molar-refractivity contribution is 5.30. The molecule has 0 aromatic heterocycles. The largest absolute Gasteiger partial charge is 0.306 e. The first kappa shape index (κ1) is 9.01. The van der Waals surface area contributed by atoms with E-state index in [0.717, 1.165) is 0 Å². The van der Waals surface area contributed by atoms with E-state index >= 15 is 0 Å². The molecule has 0 aromatic carbocycles. The Morgan fingerprint density at radius 1 is 1.15 bits per heavy atom. The van der Waals surface area contributed by atoms with Gasteiger partial charge in [0.1, 0.15) is 0 Å². The molecule has 0 fully saturated rings. The van der Waals surface area contributed by atoms with E-state index in [1.54, 1.807) is 11.1 Å². The van der Waals surface area contributed by atoms with E-state index < -0.39 is 0 Å². The van der Waals surface area contributed by atoms with Gasteiger partial charge in [0.25, 0.3) is 0 Å². The quantitative estimate of drug-likeness (QED) is 0.550. The Morgan fingerprint density at radius 2 is 2.08 bits per heavy atom. The van der Waals surface area contributed by atoms with Crippen LogP contribution in [0.1, 0.15) is 32.1 Å². The van der Waals surface area contributed by atoms with Gasteiger partial charge in [-0.05, 0) is 51.3 Å². The zero-order valence-electron chi connectivity index (χ0n) is 8.55. The monoisotopic (exact) mass is 177 g/mol. The molecule has 0 unspecified atom stereocenters. The van der Waals surface area contributed by atoms with Crippen molar-refractivity contribution in [3.8, 4) is 0 Å². The molecular formula is C12H19N. The summed E-state index contributed by atoms with van der Waals surface area (Å²) in [5.41, 5.74) is 3.38. The fourth-order valence-corrected chi connectivity index (χ4v) is 2.29. The molecule has 0 radical (unpaired) electrons. The molecule has 0 N–H and O–H groups in total. The smallest absolute Gasteiger partial charge is 0.00188 e. The van der Waals surface area contributed by atoms with Gasteiger partial charge in [-0.2, -0.15) is 0 Å². The molecule has 1 nitrogen and oxygen atoms in total. The molecule has 1 heterocycles. The number of hydrogen-bond donors (Lipinski definition) is 0. The van der Waals surface area contributed by atoms with Crippen molar-refractivity contribution in [2.24, 2.45) is 0 Å². The van der Waals surface area contributed by atoms with E-state index in [-0.39, 0.29) is 0 Å². The second-order valence-corrected chi connectivity index (χ2v) is 4.23. The normalized spacial score (nSPS) is 25.3. The van der Waals surface area contributed by atoms with Crippen LogP contribution in [0.3, 0.4) is 0 Å². The maximum atomic E-state index is 2.45. The molecule has 0 spiro atoms. The van der Waals surface area contributed by atoms with Gasteiger partial charge >= 0.3 is 0 Å². The summed E-state index contributed by atoms with van der Waals surface area (Å²) in [6.45, 7) is 2.52. The third-order valence-corrected chi connectivity index (χ3v) is 3.17. The van der Waals surface area contributed by atoms with E-state index in [1.807, 2.05) is 0 Å². The predicted octanol–water partition coefficient (Wildman–Crippen LogP) is 2.75. The van der Waals surface area contributed by atoms with Gasteiger partial charge in [-0.3, -0.25) is 0 Å². The Hall–Kier alpha value is -0.560. The lowest BCUT2D eigenvalue weighted by Crippen LogP contribution is -2.23. The van der Waals surface area contributed by atoms with Crippen molar-refractivity contribution in [2.75, 3.05) is 20.1 Å². The summed E-state index contributed by atoms with van der Waals surface area (Å²) >= 11 is 0. The van der Waals surface area contributed by atoms with Gasteiger partial charge in [0, 0.05) is 6.54 Å². The van der Waals surface area contributed by atoms with Gasteiger partial charge in [-0.15, -0.1) is 0 Å². The minimum Gasteiger partial charge on any atom is -0.306 e. The van der Waals surface area contributed by atoms with Crippen LogP contribution in [0.4, 0.5) is 0 Å². The van der Waals surface area contributed by atoms with Crippen LogP contribution in [0.25, 0.3) is 0 Å². The van der Waals surface area contributed by atoms with E-state index in [0.29, 0.717) is 0 Å². The SMILES string of the molecule is CN1CCCC2=C(C=CCC2)CC1. The first-order valence-electron chi connectivity index (χ1n) is 5.42. The van der Waals surface area contributed by atoms with Gasteiger partial charge in [-0.1, -0.05) is 17.7 Å². The van der Waals surface area contributed by atoms with Crippen molar-refractivity contribution in [3.05, 3.63) is 23.3 Å². The van der Waals surface area contributed by atoms with E-state index in [2.05, 4.69) is 24.1 Å². The van der Waals surface area contributed by atoms with Gasteiger partial charge in [0.05, 0.1) is 0 Å². The molecule has 1 aliphatic carbocycles. The van der Waals surface area contributed by atoms with Crippen LogP contribution in [-0.4, -0.2) is 25.0 Å². The first-order chi connectivity index (χ1) is 6.36. The van der Waals surface area contributed by atoms with Crippen molar-refractivity contribution in [1.82, 2.24) is 4.90 Å². The molecule has 0 aromatic rings. The van der Waals surface area contributed by atoms with Crippen LogP contribution in [0.15, 0.2) is 23.3 Å². The molecule has 0 bridgehead atoms. The van der Waals surface area contributed by atoms with Crippen LogP contribution in [0.2, 0.25) is 0 Å². The second-order valence-electron chi connectivity index (χ2n) is 4.23. The summed E-state index contributed by atoms with van der Waals surface area (Å²) in [4.78, 5) is 2.45. The van der Waals surface area contributed by atoms with Crippen LogP contribution >= 0.6 is 0 Å². The van der Waals surface area contributed by atoms with E-state index in [4.69, 9.17) is 0 Å². The summed E-state index contributed by atoms with van der Waals surface area (Å²) in [7, 11) is 2.23. The lowest BCUT2D eigenvalue weighted by Gasteiger charge is -2.24. The molecule has 0 saturated heterocycles. The highest BCUT2D eigenvalue weighted by Crippen LogP contribution is 2.26. The minimum absolute atomic E-state index is 1.24. The van der Waals surface area contributed by atoms with Crippen molar-refractivity contribution in [3.63, 3.8) is 0 Å². The Bertz CT molecular complexity index is 238. The fraction of sp³-hybridized carbons (Fsp3) is 0.667. The Labute approximate surface area is 81.1 Å². The van der Waals surface area contributed by atoms with Gasteiger partial charge in [-0.25, -0.2) is 0 Å². The van der Waals surface area contributed by atoms with Gasteiger partial charge in [0.2, 0.25) is 0 Å². The van der Waals surface area contributed by atoms with Crippen LogP contribution < -0.4 is 0 Å². The fourth-order valence-electron chi connectivity index (χ4n) is 2.29. The summed E-state index contributed by atoms with van der Waals surface area (Å²) in [6, 6.07) is 0. The molecule has 1 heteroatoms. The zero-order valence-corrected chi connectivity index (χ0v) is 8.55. The van der Waals surface area contributed by atoms with Gasteiger partial charge in [0.15, 0.2) is 0 Å². The number of allylic oxidation sites excluding steroid dienone is 3. The lowest BCUT2D eigenvalue weighted by atomic mass is 9.91. The second kappa shape index (κ2) is 4.10. The molecule has 0 saturated carbocycles. The molecule has 72 valence electrons. The summed E-state index contributed by atoms with van der Waals surface area (Å²) in [5, 5.41) is 0. The minimum atomic E-state index is 1.24. The highest BCUT2D eigenvalue weighted by Gasteiger charge is 2.12. The van der Waals surface area contributed by atoms with E-state index in [1.165, 1.54) is 45.2 Å². The first-order valence-corrected chi connectivity index (χ1v) is 5.42. The van der Waals surface area contributed by atoms with Crippen LogP contribution in [-0.2, 0) is 0 Å².